The van der Waals surface area contributed by atoms with E-state index in [4.69, 9.17) is 8.92 Å². The Hall–Kier alpha value is -1.32. The van der Waals surface area contributed by atoms with Crippen LogP contribution in [0.25, 0.3) is 0 Å². The van der Waals surface area contributed by atoms with Crippen LogP contribution in [-0.4, -0.2) is 62.3 Å². The minimum atomic E-state index is -3.41. The number of thioether (sulfide) groups is 1. The van der Waals surface area contributed by atoms with Gasteiger partial charge in [-0.2, -0.15) is 8.42 Å². The monoisotopic (exact) mass is 345 g/mol. The van der Waals surface area contributed by atoms with Gasteiger partial charge in [0.1, 0.15) is 6.10 Å². The van der Waals surface area contributed by atoms with E-state index in [1.165, 1.54) is 11.8 Å². The van der Waals surface area contributed by atoms with E-state index < -0.39 is 10.1 Å². The molecule has 1 aromatic rings. The van der Waals surface area contributed by atoms with Gasteiger partial charge < -0.3 is 9.64 Å². The number of ether oxygens (including phenoxy) is 1. The average molecular weight is 345 g/mol. The summed E-state index contributed by atoms with van der Waals surface area (Å²) in [6, 6.07) is 3.61. The van der Waals surface area contributed by atoms with Crippen LogP contribution in [0, 0.1) is 6.92 Å². The number of aryl methyl sites for hydroxylation is 1. The van der Waals surface area contributed by atoms with Crippen LogP contribution in [0.1, 0.15) is 5.69 Å². The third kappa shape index (κ3) is 4.34. The molecule has 0 aromatic carbocycles. The molecule has 7 nitrogen and oxygen atoms in total. The molecule has 2 rings (SSSR count). The smallest absolute Gasteiger partial charge is 0.264 e. The van der Waals surface area contributed by atoms with E-state index in [9.17, 15) is 8.42 Å². The normalized spacial score (nSPS) is 16.5. The molecule has 1 fully saturated rings. The molecule has 2 heterocycles. The van der Waals surface area contributed by atoms with E-state index in [-0.39, 0.29) is 6.10 Å². The lowest BCUT2D eigenvalue weighted by Crippen LogP contribution is -2.54. The molecule has 0 saturated carbocycles. The number of pyridine rings is 1. The number of hydrogen-bond acceptors (Lipinski definition) is 7. The van der Waals surface area contributed by atoms with Crippen molar-refractivity contribution in [1.82, 2.24) is 9.88 Å². The lowest BCUT2D eigenvalue weighted by atomic mass is 10.2. The van der Waals surface area contributed by atoms with Crippen molar-refractivity contribution in [1.29, 1.82) is 0 Å². The van der Waals surface area contributed by atoms with Crippen LogP contribution in [0.2, 0.25) is 0 Å². The molecule has 0 spiro atoms. The topological polar surface area (TPSA) is 81.1 Å². The van der Waals surface area contributed by atoms with Crippen molar-refractivity contribution < 1.29 is 17.3 Å². The summed E-state index contributed by atoms with van der Waals surface area (Å²) in [6.07, 6.45) is 2.68. The zero-order valence-corrected chi connectivity index (χ0v) is 14.6. The van der Waals surface area contributed by atoms with E-state index in [1.54, 1.807) is 13.2 Å². The second kappa shape index (κ2) is 6.84. The molecule has 0 N–H and O–H groups in total. The number of rotatable bonds is 4. The van der Waals surface area contributed by atoms with Crippen LogP contribution in [0.15, 0.2) is 17.1 Å². The van der Waals surface area contributed by atoms with Gasteiger partial charge in [-0.3, -0.25) is 4.18 Å². The van der Waals surface area contributed by atoms with Gasteiger partial charge in [0.25, 0.3) is 10.1 Å². The highest BCUT2D eigenvalue weighted by atomic mass is 32.2. The number of aliphatic imine (C=N–C) groups is 1. The Morgan fingerprint density at radius 2 is 2.14 bits per heavy atom. The van der Waals surface area contributed by atoms with E-state index >= 15 is 0 Å². The molecule has 1 saturated heterocycles. The van der Waals surface area contributed by atoms with Gasteiger partial charge in [-0.1, -0.05) is 11.8 Å². The first-order valence-corrected chi connectivity index (χ1v) is 9.64. The van der Waals surface area contributed by atoms with Crippen LogP contribution in [0.5, 0.6) is 5.88 Å². The first kappa shape index (κ1) is 17.0. The summed E-state index contributed by atoms with van der Waals surface area (Å²) in [5, 5.41) is 0.809. The van der Waals surface area contributed by atoms with Crippen LogP contribution >= 0.6 is 11.8 Å². The molecule has 0 atom stereocenters. The minimum Gasteiger partial charge on any atom is -0.481 e. The van der Waals surface area contributed by atoms with Crippen molar-refractivity contribution in [3.8, 4) is 5.88 Å². The molecular formula is C13H19N3O4S2. The second-order valence-electron chi connectivity index (χ2n) is 4.88. The molecule has 122 valence electrons. The van der Waals surface area contributed by atoms with Gasteiger partial charge in [-0.15, -0.1) is 0 Å². The Kier molecular flexibility index (Phi) is 5.30. The van der Waals surface area contributed by atoms with Crippen LogP contribution in [-0.2, 0) is 14.3 Å². The summed E-state index contributed by atoms with van der Waals surface area (Å²) in [5.41, 5.74) is 1.54. The molecule has 0 radical (unpaired) electrons. The first-order valence-electron chi connectivity index (χ1n) is 6.60. The maximum atomic E-state index is 11.1. The lowest BCUT2D eigenvalue weighted by Gasteiger charge is -2.39. The molecule has 0 aliphatic carbocycles. The molecule has 1 aromatic heterocycles. The van der Waals surface area contributed by atoms with Gasteiger partial charge in [0.2, 0.25) is 5.88 Å². The Morgan fingerprint density at radius 3 is 2.64 bits per heavy atom. The average Bonchev–Trinajstić information content (AvgIpc) is 2.40. The number of likely N-dealkylation sites (tertiary alicyclic amines) is 1. The summed E-state index contributed by atoms with van der Waals surface area (Å²) < 4.78 is 32.2. The van der Waals surface area contributed by atoms with E-state index in [2.05, 4.69) is 9.98 Å². The summed E-state index contributed by atoms with van der Waals surface area (Å²) in [6.45, 7) is 2.88. The Bertz CT molecular complexity index is 670. The zero-order chi connectivity index (χ0) is 16.3. The largest absolute Gasteiger partial charge is 0.481 e. The molecule has 1 aliphatic rings. The summed E-state index contributed by atoms with van der Waals surface area (Å²) in [4.78, 5) is 10.8. The van der Waals surface area contributed by atoms with Crippen molar-refractivity contribution in [2.45, 2.75) is 13.0 Å². The SMILES string of the molecule is COc1ccc(/N=C(\SC)N2CC(OS(C)(=O)=O)C2)c(C)n1. The van der Waals surface area contributed by atoms with Crippen molar-refractivity contribution >= 4 is 32.7 Å². The summed E-state index contributed by atoms with van der Waals surface area (Å²) >= 11 is 1.50. The third-order valence-electron chi connectivity index (χ3n) is 3.07. The van der Waals surface area contributed by atoms with Gasteiger partial charge in [-0.25, -0.2) is 9.98 Å². The van der Waals surface area contributed by atoms with Crippen molar-refractivity contribution in [2.24, 2.45) is 4.99 Å². The quantitative estimate of drug-likeness (QED) is 0.463. The highest BCUT2D eigenvalue weighted by Crippen LogP contribution is 2.25. The maximum Gasteiger partial charge on any atom is 0.264 e. The molecule has 0 amide bonds. The molecule has 9 heteroatoms. The second-order valence-corrected chi connectivity index (χ2v) is 7.26. The Balaban J connectivity index is 2.07. The van der Waals surface area contributed by atoms with Gasteiger partial charge in [0, 0.05) is 19.2 Å². The fourth-order valence-electron chi connectivity index (χ4n) is 2.01. The van der Waals surface area contributed by atoms with Gasteiger partial charge in [0.05, 0.1) is 24.7 Å². The zero-order valence-electron chi connectivity index (χ0n) is 12.9. The Morgan fingerprint density at radius 1 is 1.45 bits per heavy atom. The van der Waals surface area contributed by atoms with E-state index in [0.717, 1.165) is 22.8 Å². The fourth-order valence-corrected chi connectivity index (χ4v) is 3.23. The number of nitrogens with zero attached hydrogens (tertiary/aromatic N) is 3. The molecule has 0 bridgehead atoms. The van der Waals surface area contributed by atoms with Gasteiger partial charge in [-0.05, 0) is 19.2 Å². The highest BCUT2D eigenvalue weighted by molar-refractivity contribution is 8.13. The minimum absolute atomic E-state index is 0.303. The Labute approximate surface area is 134 Å². The van der Waals surface area contributed by atoms with Crippen molar-refractivity contribution in [3.05, 3.63) is 17.8 Å². The predicted molar refractivity (Wildman–Crippen MR) is 87.4 cm³/mol. The molecular weight excluding hydrogens is 326 g/mol. The van der Waals surface area contributed by atoms with Crippen LogP contribution in [0.3, 0.4) is 0 Å². The fraction of sp³-hybridized carbons (Fsp3) is 0.538. The van der Waals surface area contributed by atoms with Crippen LogP contribution < -0.4 is 4.74 Å². The van der Waals surface area contributed by atoms with E-state index in [0.29, 0.717) is 19.0 Å². The third-order valence-corrected chi connectivity index (χ3v) is 4.41. The number of hydrogen-bond donors (Lipinski definition) is 0. The maximum absolute atomic E-state index is 11.1. The number of aromatic nitrogens is 1. The first-order chi connectivity index (χ1) is 10.3. The highest BCUT2D eigenvalue weighted by Gasteiger charge is 2.32. The van der Waals surface area contributed by atoms with Gasteiger partial charge >= 0.3 is 0 Å². The van der Waals surface area contributed by atoms with E-state index in [1.807, 2.05) is 24.1 Å². The van der Waals surface area contributed by atoms with Gasteiger partial charge in [0.15, 0.2) is 5.17 Å². The standard InChI is InChI=1S/C13H19N3O4S2/c1-9-11(5-6-12(14-9)19-2)15-13(21-3)16-7-10(8-16)20-22(4,17)18/h5-6,10H,7-8H2,1-4H3/b15-13-. The number of amidine groups is 1. The molecule has 1 aliphatic heterocycles. The lowest BCUT2D eigenvalue weighted by molar-refractivity contribution is 0.0767. The number of methoxy groups -OCH3 is 1. The van der Waals surface area contributed by atoms with Crippen molar-refractivity contribution in [2.75, 3.05) is 32.7 Å². The van der Waals surface area contributed by atoms with Crippen LogP contribution in [0.4, 0.5) is 5.69 Å². The molecule has 22 heavy (non-hydrogen) atoms. The summed E-state index contributed by atoms with van der Waals surface area (Å²) in [5.74, 6) is 0.549. The predicted octanol–water partition coefficient (Wildman–Crippen LogP) is 1.41. The summed E-state index contributed by atoms with van der Waals surface area (Å²) in [7, 11) is -1.84. The van der Waals surface area contributed by atoms with Crippen molar-refractivity contribution in [3.63, 3.8) is 0 Å². The molecule has 0 unspecified atom stereocenters.